The number of hydrogen-bond donors (Lipinski definition) is 1. The van der Waals surface area contributed by atoms with Gasteiger partial charge in [-0.1, -0.05) is 49.1 Å². The van der Waals surface area contributed by atoms with E-state index in [9.17, 15) is 4.79 Å². The fraction of sp³-hybridized carbons (Fsp3) is 0.611. The summed E-state index contributed by atoms with van der Waals surface area (Å²) in [4.78, 5) is 14.4. The molecule has 0 aliphatic heterocycles. The van der Waals surface area contributed by atoms with Crippen molar-refractivity contribution in [2.24, 2.45) is 11.1 Å². The summed E-state index contributed by atoms with van der Waals surface area (Å²) in [5.41, 5.74) is 8.47. The number of aryl methyl sites for hydroxylation is 1. The molecule has 22 heavy (non-hydrogen) atoms. The van der Waals surface area contributed by atoms with Gasteiger partial charge in [0.1, 0.15) is 0 Å². The maximum atomic E-state index is 12.5. The summed E-state index contributed by atoms with van der Waals surface area (Å²) < 4.78 is 0. The van der Waals surface area contributed by atoms with Gasteiger partial charge in [-0.3, -0.25) is 4.79 Å². The van der Waals surface area contributed by atoms with Crippen LogP contribution in [0.15, 0.2) is 24.3 Å². The predicted octanol–water partition coefficient (Wildman–Crippen LogP) is 3.67. The summed E-state index contributed by atoms with van der Waals surface area (Å²) in [6.07, 6.45) is 6.53. The molecule has 1 saturated carbocycles. The van der Waals surface area contributed by atoms with Crippen LogP contribution < -0.4 is 5.73 Å². The number of nitrogens with two attached hydrogens (primary N) is 1. The van der Waals surface area contributed by atoms with Gasteiger partial charge in [-0.2, -0.15) is 0 Å². The summed E-state index contributed by atoms with van der Waals surface area (Å²) in [5.74, 6) is 0.226. The van der Waals surface area contributed by atoms with Gasteiger partial charge in [-0.15, -0.1) is 12.4 Å². The molecule has 0 atom stereocenters. The fourth-order valence-electron chi connectivity index (χ4n) is 3.38. The summed E-state index contributed by atoms with van der Waals surface area (Å²) in [6.45, 7) is 3.40. The first-order valence-electron chi connectivity index (χ1n) is 8.04. The molecule has 1 fully saturated rings. The van der Waals surface area contributed by atoms with Gasteiger partial charge in [0, 0.05) is 20.0 Å². The molecule has 2 rings (SSSR count). The lowest BCUT2D eigenvalue weighted by molar-refractivity contribution is -0.133. The molecule has 1 aliphatic rings. The van der Waals surface area contributed by atoms with Crippen molar-refractivity contribution in [2.45, 2.75) is 52.0 Å². The van der Waals surface area contributed by atoms with Gasteiger partial charge in [-0.25, -0.2) is 0 Å². The molecule has 0 unspecified atom stereocenters. The number of benzene rings is 1. The molecule has 1 amide bonds. The van der Waals surface area contributed by atoms with Crippen molar-refractivity contribution in [3.8, 4) is 0 Å². The van der Waals surface area contributed by atoms with Gasteiger partial charge in [0.15, 0.2) is 0 Å². The Bertz CT molecular complexity index is 484. The van der Waals surface area contributed by atoms with Crippen LogP contribution in [0.5, 0.6) is 0 Å². The van der Waals surface area contributed by atoms with Crippen molar-refractivity contribution in [3.63, 3.8) is 0 Å². The van der Waals surface area contributed by atoms with E-state index < -0.39 is 0 Å². The van der Waals surface area contributed by atoms with E-state index in [0.717, 1.165) is 12.8 Å². The summed E-state index contributed by atoms with van der Waals surface area (Å²) in [5, 5.41) is 0. The number of rotatable bonds is 5. The second-order valence-corrected chi connectivity index (χ2v) is 6.68. The molecular weight excluding hydrogens is 296 g/mol. The Morgan fingerprint density at radius 1 is 1.27 bits per heavy atom. The molecule has 0 bridgehead atoms. The highest BCUT2D eigenvalue weighted by Gasteiger charge is 2.33. The molecule has 0 saturated heterocycles. The van der Waals surface area contributed by atoms with Crippen molar-refractivity contribution in [1.29, 1.82) is 0 Å². The van der Waals surface area contributed by atoms with E-state index in [1.54, 1.807) is 0 Å². The average molecular weight is 325 g/mol. The normalized spacial score (nSPS) is 16.7. The number of nitrogens with zero attached hydrogens (tertiary/aromatic N) is 1. The molecule has 124 valence electrons. The maximum Gasteiger partial charge on any atom is 0.223 e. The number of halogens is 1. The van der Waals surface area contributed by atoms with Crippen LogP contribution in [-0.2, 0) is 11.3 Å². The Morgan fingerprint density at radius 3 is 2.55 bits per heavy atom. The fourth-order valence-corrected chi connectivity index (χ4v) is 3.38. The van der Waals surface area contributed by atoms with Crippen LogP contribution >= 0.6 is 12.4 Å². The smallest absolute Gasteiger partial charge is 0.223 e. The number of amides is 1. The zero-order valence-electron chi connectivity index (χ0n) is 13.8. The van der Waals surface area contributed by atoms with Crippen LogP contribution in [0.25, 0.3) is 0 Å². The molecule has 1 aromatic carbocycles. The molecule has 4 heteroatoms. The van der Waals surface area contributed by atoms with Crippen molar-refractivity contribution in [1.82, 2.24) is 4.90 Å². The average Bonchev–Trinajstić information content (AvgIpc) is 2.48. The minimum absolute atomic E-state index is 0. The standard InChI is InChI=1S/C18H28N2O.ClH/c1-15-7-6-8-16(11-15)13-20(2)17(21)12-18(14-19)9-4-3-5-10-18;/h6-8,11H,3-5,9-10,12-14,19H2,1-2H3;1H. The van der Waals surface area contributed by atoms with E-state index in [0.29, 0.717) is 19.5 Å². The summed E-state index contributed by atoms with van der Waals surface area (Å²) in [7, 11) is 1.90. The lowest BCUT2D eigenvalue weighted by atomic mass is 9.71. The van der Waals surface area contributed by atoms with Crippen LogP contribution in [0.2, 0.25) is 0 Å². The van der Waals surface area contributed by atoms with E-state index in [2.05, 4.69) is 25.1 Å². The molecule has 0 heterocycles. The van der Waals surface area contributed by atoms with Crippen molar-refractivity contribution in [3.05, 3.63) is 35.4 Å². The molecular formula is C18H29ClN2O. The quantitative estimate of drug-likeness (QED) is 0.898. The van der Waals surface area contributed by atoms with Crippen LogP contribution in [-0.4, -0.2) is 24.4 Å². The van der Waals surface area contributed by atoms with E-state index in [1.165, 1.54) is 30.4 Å². The maximum absolute atomic E-state index is 12.5. The van der Waals surface area contributed by atoms with Gasteiger partial charge in [-0.05, 0) is 37.3 Å². The lowest BCUT2D eigenvalue weighted by Gasteiger charge is -2.36. The zero-order valence-corrected chi connectivity index (χ0v) is 14.6. The number of carbonyl (C=O) groups is 1. The largest absolute Gasteiger partial charge is 0.341 e. The number of hydrogen-bond acceptors (Lipinski definition) is 2. The van der Waals surface area contributed by atoms with Crippen LogP contribution in [0, 0.1) is 12.3 Å². The highest BCUT2D eigenvalue weighted by Crippen LogP contribution is 2.38. The second kappa shape index (κ2) is 8.54. The van der Waals surface area contributed by atoms with Gasteiger partial charge < -0.3 is 10.6 Å². The topological polar surface area (TPSA) is 46.3 Å². The Morgan fingerprint density at radius 2 is 1.95 bits per heavy atom. The zero-order chi connectivity index (χ0) is 15.3. The molecule has 1 aliphatic carbocycles. The SMILES string of the molecule is Cc1cccc(CN(C)C(=O)CC2(CN)CCCCC2)c1.Cl. The molecule has 0 spiro atoms. The first-order valence-corrected chi connectivity index (χ1v) is 8.04. The third-order valence-corrected chi connectivity index (χ3v) is 4.80. The lowest BCUT2D eigenvalue weighted by Crippen LogP contribution is -2.39. The third kappa shape index (κ3) is 4.99. The van der Waals surface area contributed by atoms with Crippen molar-refractivity contribution >= 4 is 18.3 Å². The monoisotopic (exact) mass is 324 g/mol. The van der Waals surface area contributed by atoms with Crippen LogP contribution in [0.3, 0.4) is 0 Å². The van der Waals surface area contributed by atoms with Gasteiger partial charge in [0.05, 0.1) is 0 Å². The number of carbonyl (C=O) groups excluding carboxylic acids is 1. The third-order valence-electron chi connectivity index (χ3n) is 4.80. The highest BCUT2D eigenvalue weighted by atomic mass is 35.5. The molecule has 3 nitrogen and oxygen atoms in total. The van der Waals surface area contributed by atoms with Crippen molar-refractivity contribution in [2.75, 3.05) is 13.6 Å². The van der Waals surface area contributed by atoms with Gasteiger partial charge in [0.25, 0.3) is 0 Å². The van der Waals surface area contributed by atoms with Gasteiger partial charge in [0.2, 0.25) is 5.91 Å². The Labute approximate surface area is 140 Å². The minimum Gasteiger partial charge on any atom is -0.341 e. The Balaban J connectivity index is 0.00000242. The van der Waals surface area contributed by atoms with E-state index in [4.69, 9.17) is 5.73 Å². The van der Waals surface area contributed by atoms with E-state index in [-0.39, 0.29) is 23.7 Å². The van der Waals surface area contributed by atoms with E-state index >= 15 is 0 Å². The summed E-state index contributed by atoms with van der Waals surface area (Å²) >= 11 is 0. The van der Waals surface area contributed by atoms with Crippen molar-refractivity contribution < 1.29 is 4.79 Å². The first kappa shape index (κ1) is 19.0. The molecule has 0 aromatic heterocycles. The highest BCUT2D eigenvalue weighted by molar-refractivity contribution is 5.85. The van der Waals surface area contributed by atoms with E-state index in [1.807, 2.05) is 18.0 Å². The Kier molecular flexibility index (Phi) is 7.37. The molecule has 0 radical (unpaired) electrons. The molecule has 2 N–H and O–H groups in total. The van der Waals surface area contributed by atoms with Crippen LogP contribution in [0.1, 0.15) is 49.7 Å². The minimum atomic E-state index is 0. The summed E-state index contributed by atoms with van der Waals surface area (Å²) in [6, 6.07) is 8.35. The van der Waals surface area contributed by atoms with Crippen LogP contribution in [0.4, 0.5) is 0 Å². The first-order chi connectivity index (χ1) is 10.0. The Hall–Kier alpha value is -1.06. The van der Waals surface area contributed by atoms with Gasteiger partial charge >= 0.3 is 0 Å². The second-order valence-electron chi connectivity index (χ2n) is 6.68. The molecule has 1 aromatic rings. The predicted molar refractivity (Wildman–Crippen MR) is 94.1 cm³/mol.